The van der Waals surface area contributed by atoms with Crippen molar-refractivity contribution in [1.29, 1.82) is 0 Å². The lowest BCUT2D eigenvalue weighted by Crippen LogP contribution is -2.37. The summed E-state index contributed by atoms with van der Waals surface area (Å²) in [6.07, 6.45) is 6.96. The highest BCUT2D eigenvalue weighted by Crippen LogP contribution is 2.40. The molecule has 3 aromatic heterocycles. The van der Waals surface area contributed by atoms with E-state index < -0.39 is 0 Å². The molecular weight excluding hydrogens is 378 g/mol. The number of amides is 1. The zero-order valence-electron chi connectivity index (χ0n) is 18.1. The molecule has 1 aliphatic carbocycles. The van der Waals surface area contributed by atoms with Gasteiger partial charge in [0.15, 0.2) is 5.82 Å². The molecule has 0 spiro atoms. The summed E-state index contributed by atoms with van der Waals surface area (Å²) in [5.74, 6) is 1.15. The highest BCUT2D eigenvalue weighted by atomic mass is 16.5. The lowest BCUT2D eigenvalue weighted by molar-refractivity contribution is 0.0916. The van der Waals surface area contributed by atoms with Crippen molar-refractivity contribution in [2.24, 2.45) is 5.41 Å². The van der Waals surface area contributed by atoms with Crippen LogP contribution in [0.3, 0.4) is 0 Å². The molecule has 30 heavy (non-hydrogen) atoms. The maximum Gasteiger partial charge on any atom is 0.257 e. The second-order valence-corrected chi connectivity index (χ2v) is 9.06. The number of hydrogen-bond acceptors (Lipinski definition) is 6. The molecule has 1 amide bonds. The number of aryl methyl sites for hydroxylation is 1. The summed E-state index contributed by atoms with van der Waals surface area (Å²) in [6.45, 7) is 10.2. The van der Waals surface area contributed by atoms with Crippen LogP contribution < -0.4 is 5.32 Å². The van der Waals surface area contributed by atoms with Crippen LogP contribution in [0.4, 0.5) is 0 Å². The molecule has 0 aromatic carbocycles. The lowest BCUT2D eigenvalue weighted by atomic mass is 9.74. The summed E-state index contributed by atoms with van der Waals surface area (Å²) in [7, 11) is 0. The number of hydrogen-bond donors (Lipinski definition) is 1. The van der Waals surface area contributed by atoms with Crippen molar-refractivity contribution in [3.63, 3.8) is 0 Å². The van der Waals surface area contributed by atoms with Crippen LogP contribution in [0.5, 0.6) is 0 Å². The first-order valence-electron chi connectivity index (χ1n) is 10.3. The molecule has 1 atom stereocenters. The predicted molar refractivity (Wildman–Crippen MR) is 113 cm³/mol. The van der Waals surface area contributed by atoms with E-state index in [-0.39, 0.29) is 23.3 Å². The lowest BCUT2D eigenvalue weighted by Gasteiger charge is -2.36. The number of aromatic nitrogens is 4. The van der Waals surface area contributed by atoms with Crippen LogP contribution in [-0.4, -0.2) is 26.0 Å². The van der Waals surface area contributed by atoms with Crippen molar-refractivity contribution in [2.75, 3.05) is 0 Å². The van der Waals surface area contributed by atoms with Crippen molar-refractivity contribution < 1.29 is 9.32 Å². The van der Waals surface area contributed by atoms with Crippen LogP contribution in [0.1, 0.15) is 79.1 Å². The van der Waals surface area contributed by atoms with Crippen LogP contribution in [0.25, 0.3) is 11.4 Å². The minimum Gasteiger partial charge on any atom is -0.361 e. The molecule has 7 heteroatoms. The topological polar surface area (TPSA) is 93.8 Å². The molecule has 0 fully saturated rings. The van der Waals surface area contributed by atoms with Crippen molar-refractivity contribution in [1.82, 2.24) is 25.4 Å². The van der Waals surface area contributed by atoms with Gasteiger partial charge in [-0.15, -0.1) is 0 Å². The number of nitrogens with one attached hydrogen (secondary N) is 1. The second-order valence-electron chi connectivity index (χ2n) is 9.06. The van der Waals surface area contributed by atoms with Gasteiger partial charge >= 0.3 is 0 Å². The molecule has 1 N–H and O–H groups in total. The zero-order valence-corrected chi connectivity index (χ0v) is 18.1. The van der Waals surface area contributed by atoms with Gasteiger partial charge in [-0.2, -0.15) is 0 Å². The Morgan fingerprint density at radius 1 is 1.27 bits per heavy atom. The van der Waals surface area contributed by atoms with E-state index in [1.807, 2.05) is 32.2 Å². The minimum absolute atomic E-state index is 0.000613. The summed E-state index contributed by atoms with van der Waals surface area (Å²) in [6, 6.07) is 3.63. The van der Waals surface area contributed by atoms with E-state index in [9.17, 15) is 4.79 Å². The number of carbonyl (C=O) groups excluding carboxylic acids is 1. The summed E-state index contributed by atoms with van der Waals surface area (Å²) < 4.78 is 5.30. The number of rotatable bonds is 4. The largest absolute Gasteiger partial charge is 0.361 e. The third-order valence-corrected chi connectivity index (χ3v) is 5.59. The normalized spacial score (nSPS) is 17.6. The van der Waals surface area contributed by atoms with Crippen LogP contribution in [0.2, 0.25) is 0 Å². The highest BCUT2D eigenvalue weighted by molar-refractivity contribution is 5.96. The quantitative estimate of drug-likeness (QED) is 0.691. The van der Waals surface area contributed by atoms with Gasteiger partial charge < -0.3 is 9.84 Å². The molecule has 7 nitrogen and oxygen atoms in total. The molecule has 4 rings (SSSR count). The molecule has 3 heterocycles. The van der Waals surface area contributed by atoms with Gasteiger partial charge in [0.2, 0.25) is 0 Å². The minimum atomic E-state index is -0.169. The summed E-state index contributed by atoms with van der Waals surface area (Å²) in [5.41, 5.74) is 4.09. The van der Waals surface area contributed by atoms with Gasteiger partial charge in [-0.3, -0.25) is 9.78 Å². The Bertz CT molecular complexity index is 1070. The summed E-state index contributed by atoms with van der Waals surface area (Å²) in [4.78, 5) is 26.6. The molecular formula is C23H27N5O2. The molecule has 3 aromatic rings. The Balaban J connectivity index is 1.67. The van der Waals surface area contributed by atoms with Gasteiger partial charge in [0.25, 0.3) is 5.91 Å². The van der Waals surface area contributed by atoms with E-state index in [1.165, 1.54) is 0 Å². The fraction of sp³-hybridized carbons (Fsp3) is 0.435. The Hall–Kier alpha value is -3.09. The molecule has 0 aliphatic heterocycles. The monoisotopic (exact) mass is 405 g/mol. The SMILES string of the molecule is Cc1onc(C(C)C)c1C(=O)NC1CC(C)(C)Cc2nc(-c3ccncc3)ncc21. The van der Waals surface area contributed by atoms with Crippen LogP contribution in [0, 0.1) is 12.3 Å². The average molecular weight is 406 g/mol. The Labute approximate surface area is 176 Å². The maximum atomic E-state index is 13.2. The summed E-state index contributed by atoms with van der Waals surface area (Å²) in [5, 5.41) is 7.28. The molecule has 0 bridgehead atoms. The molecule has 156 valence electrons. The van der Waals surface area contributed by atoms with E-state index in [0.717, 1.165) is 29.7 Å². The second kappa shape index (κ2) is 7.63. The van der Waals surface area contributed by atoms with Gasteiger partial charge in [-0.25, -0.2) is 9.97 Å². The highest BCUT2D eigenvalue weighted by Gasteiger charge is 2.35. The fourth-order valence-electron chi connectivity index (χ4n) is 4.11. The zero-order chi connectivity index (χ0) is 21.5. The first-order valence-corrected chi connectivity index (χ1v) is 10.3. The number of fused-ring (bicyclic) bond motifs is 1. The van der Waals surface area contributed by atoms with Gasteiger partial charge in [0.05, 0.1) is 17.4 Å². The Morgan fingerprint density at radius 2 is 2.00 bits per heavy atom. The van der Waals surface area contributed by atoms with E-state index in [2.05, 4.69) is 34.3 Å². The fourth-order valence-corrected chi connectivity index (χ4v) is 4.11. The third-order valence-electron chi connectivity index (χ3n) is 5.59. The van der Waals surface area contributed by atoms with Crippen LogP contribution in [0.15, 0.2) is 35.2 Å². The van der Waals surface area contributed by atoms with Crippen molar-refractivity contribution in [3.05, 3.63) is 59.0 Å². The third kappa shape index (κ3) is 3.84. The van der Waals surface area contributed by atoms with E-state index in [1.54, 1.807) is 19.3 Å². The van der Waals surface area contributed by atoms with Crippen molar-refractivity contribution in [3.8, 4) is 11.4 Å². The average Bonchev–Trinajstić information content (AvgIpc) is 3.09. The molecule has 0 saturated carbocycles. The van der Waals surface area contributed by atoms with Crippen LogP contribution >= 0.6 is 0 Å². The predicted octanol–water partition coefficient (Wildman–Crippen LogP) is 4.40. The standard InChI is InChI=1S/C23H27N5O2/c1-13(2)20-19(14(3)30-28-20)22(29)27-18-11-23(4,5)10-17-16(18)12-25-21(26-17)15-6-8-24-9-7-15/h6-9,12-13,18H,10-11H2,1-5H3,(H,27,29). The van der Waals surface area contributed by atoms with Gasteiger partial charge in [0, 0.05) is 29.7 Å². The Kier molecular flexibility index (Phi) is 5.13. The van der Waals surface area contributed by atoms with Crippen LogP contribution in [-0.2, 0) is 6.42 Å². The van der Waals surface area contributed by atoms with E-state index >= 15 is 0 Å². The Morgan fingerprint density at radius 3 is 2.70 bits per heavy atom. The van der Waals surface area contributed by atoms with E-state index in [4.69, 9.17) is 9.51 Å². The summed E-state index contributed by atoms with van der Waals surface area (Å²) >= 11 is 0. The smallest absolute Gasteiger partial charge is 0.257 e. The van der Waals surface area contributed by atoms with E-state index in [0.29, 0.717) is 22.8 Å². The maximum absolute atomic E-state index is 13.2. The first-order chi connectivity index (χ1) is 14.2. The number of carbonyl (C=O) groups is 1. The molecule has 0 saturated heterocycles. The molecule has 0 radical (unpaired) electrons. The number of nitrogens with zero attached hydrogens (tertiary/aromatic N) is 4. The molecule has 1 aliphatic rings. The van der Waals surface area contributed by atoms with Gasteiger partial charge in [0.1, 0.15) is 11.3 Å². The first kappa shape index (κ1) is 20.2. The van der Waals surface area contributed by atoms with Crippen molar-refractivity contribution >= 4 is 5.91 Å². The van der Waals surface area contributed by atoms with Crippen molar-refractivity contribution in [2.45, 2.75) is 59.4 Å². The van der Waals surface area contributed by atoms with Gasteiger partial charge in [-0.1, -0.05) is 32.9 Å². The molecule has 1 unspecified atom stereocenters. The number of pyridine rings is 1. The van der Waals surface area contributed by atoms with Gasteiger partial charge in [-0.05, 0) is 43.2 Å².